The van der Waals surface area contributed by atoms with Crippen LogP contribution in [0.3, 0.4) is 0 Å². The molecule has 0 spiro atoms. The van der Waals surface area contributed by atoms with Crippen LogP contribution in [0.2, 0.25) is 0 Å². The lowest BCUT2D eigenvalue weighted by molar-refractivity contribution is 0.0711. The number of fused-ring (bicyclic) bond motifs is 1. The molecule has 0 fully saturated rings. The van der Waals surface area contributed by atoms with Crippen LogP contribution in [0.25, 0.3) is 5.69 Å². The SMILES string of the molecule is CCOc1ccccc1-n1ccc([C@@H]2N(C)C(=O)c3ccccc3N2C)c1. The standard InChI is InChI=1S/C22H23N3O2/c1-4-27-20-12-8-7-11-19(20)25-14-13-16(15-25)21-23(2)18-10-6-5-9-17(18)22(26)24(21)3/h5-15,21H,4H2,1-3H3/t21-/m0/s1. The molecule has 5 nitrogen and oxygen atoms in total. The van der Waals surface area contributed by atoms with Crippen LogP contribution in [0.4, 0.5) is 5.69 Å². The predicted molar refractivity (Wildman–Crippen MR) is 107 cm³/mol. The third-order valence-electron chi connectivity index (χ3n) is 5.03. The summed E-state index contributed by atoms with van der Waals surface area (Å²) in [6.07, 6.45) is 3.92. The number of anilines is 1. The second kappa shape index (κ2) is 6.83. The number of nitrogens with zero attached hydrogens (tertiary/aromatic N) is 3. The van der Waals surface area contributed by atoms with Gasteiger partial charge < -0.3 is 19.1 Å². The molecular weight excluding hydrogens is 338 g/mol. The van der Waals surface area contributed by atoms with E-state index in [9.17, 15) is 4.79 Å². The summed E-state index contributed by atoms with van der Waals surface area (Å²) < 4.78 is 7.80. The fourth-order valence-electron chi connectivity index (χ4n) is 3.77. The quantitative estimate of drug-likeness (QED) is 0.702. The fraction of sp³-hybridized carbons (Fsp3) is 0.227. The lowest BCUT2D eigenvalue weighted by Crippen LogP contribution is -2.45. The molecule has 0 radical (unpaired) electrons. The van der Waals surface area contributed by atoms with E-state index in [-0.39, 0.29) is 12.1 Å². The number of carbonyl (C=O) groups excluding carboxylic acids is 1. The van der Waals surface area contributed by atoms with Gasteiger partial charge in [0.05, 0.1) is 23.5 Å². The van der Waals surface area contributed by atoms with Crippen LogP contribution in [0.1, 0.15) is 29.0 Å². The summed E-state index contributed by atoms with van der Waals surface area (Å²) in [6.45, 7) is 2.59. The molecule has 5 heteroatoms. The van der Waals surface area contributed by atoms with Crippen LogP contribution in [0.5, 0.6) is 5.75 Å². The Balaban J connectivity index is 1.73. The summed E-state index contributed by atoms with van der Waals surface area (Å²) in [5.74, 6) is 0.880. The topological polar surface area (TPSA) is 37.7 Å². The minimum Gasteiger partial charge on any atom is -0.492 e. The van der Waals surface area contributed by atoms with Gasteiger partial charge in [-0.1, -0.05) is 24.3 Å². The van der Waals surface area contributed by atoms with Gasteiger partial charge in [-0.3, -0.25) is 4.79 Å². The molecule has 0 N–H and O–H groups in total. The Bertz CT molecular complexity index is 979. The van der Waals surface area contributed by atoms with Crippen LogP contribution in [0.15, 0.2) is 67.0 Å². The smallest absolute Gasteiger partial charge is 0.257 e. The van der Waals surface area contributed by atoms with Gasteiger partial charge in [0.15, 0.2) is 0 Å². The van der Waals surface area contributed by atoms with Crippen LogP contribution < -0.4 is 9.64 Å². The van der Waals surface area contributed by atoms with Crippen LogP contribution in [-0.4, -0.2) is 36.1 Å². The second-order valence-electron chi connectivity index (χ2n) is 6.67. The molecule has 1 aliphatic rings. The number of aromatic nitrogens is 1. The zero-order chi connectivity index (χ0) is 19.0. The molecule has 1 aliphatic heterocycles. The van der Waals surface area contributed by atoms with Crippen molar-refractivity contribution < 1.29 is 9.53 Å². The molecule has 1 amide bonds. The first kappa shape index (κ1) is 17.2. The van der Waals surface area contributed by atoms with E-state index in [1.807, 2.05) is 80.3 Å². The largest absolute Gasteiger partial charge is 0.492 e. The molecule has 2 heterocycles. The molecule has 138 valence electrons. The highest BCUT2D eigenvalue weighted by Gasteiger charge is 2.34. The second-order valence-corrected chi connectivity index (χ2v) is 6.67. The normalized spacial score (nSPS) is 16.4. The zero-order valence-electron chi connectivity index (χ0n) is 15.8. The molecule has 3 aromatic rings. The average Bonchev–Trinajstić information content (AvgIpc) is 3.17. The number of para-hydroxylation sites is 3. The Hall–Kier alpha value is -3.21. The van der Waals surface area contributed by atoms with Gasteiger partial charge in [-0.2, -0.15) is 0 Å². The molecule has 0 saturated carbocycles. The molecule has 4 rings (SSSR count). The van der Waals surface area contributed by atoms with Crippen molar-refractivity contribution >= 4 is 11.6 Å². The summed E-state index contributed by atoms with van der Waals surface area (Å²) in [5.41, 5.74) is 3.72. The van der Waals surface area contributed by atoms with Gasteiger partial charge in [-0.05, 0) is 37.3 Å². The Labute approximate surface area is 159 Å². The highest BCUT2D eigenvalue weighted by atomic mass is 16.5. The first-order valence-corrected chi connectivity index (χ1v) is 9.11. The summed E-state index contributed by atoms with van der Waals surface area (Å²) >= 11 is 0. The van der Waals surface area contributed by atoms with Crippen LogP contribution >= 0.6 is 0 Å². The number of amides is 1. The molecule has 0 aliphatic carbocycles. The van der Waals surface area contributed by atoms with Gasteiger partial charge >= 0.3 is 0 Å². The number of carbonyl (C=O) groups is 1. The van der Waals surface area contributed by atoms with Crippen molar-refractivity contribution in [3.05, 3.63) is 78.1 Å². The number of ether oxygens (including phenoxy) is 1. The maximum absolute atomic E-state index is 12.8. The summed E-state index contributed by atoms with van der Waals surface area (Å²) in [5, 5.41) is 0. The minimum absolute atomic E-state index is 0.0381. The maximum atomic E-state index is 12.8. The minimum atomic E-state index is -0.159. The number of rotatable bonds is 4. The summed E-state index contributed by atoms with van der Waals surface area (Å²) in [4.78, 5) is 16.8. The van der Waals surface area contributed by atoms with Crippen molar-refractivity contribution in [1.29, 1.82) is 0 Å². The van der Waals surface area contributed by atoms with E-state index < -0.39 is 0 Å². The average molecular weight is 361 g/mol. The summed E-state index contributed by atoms with van der Waals surface area (Å²) in [7, 11) is 3.88. The van der Waals surface area contributed by atoms with Gasteiger partial charge in [0.2, 0.25) is 0 Å². The van der Waals surface area contributed by atoms with Crippen molar-refractivity contribution in [2.45, 2.75) is 13.1 Å². The van der Waals surface area contributed by atoms with E-state index in [1.165, 1.54) is 0 Å². The number of benzene rings is 2. The van der Waals surface area contributed by atoms with Gasteiger partial charge in [0.25, 0.3) is 5.91 Å². The Morgan fingerprint density at radius 1 is 0.926 bits per heavy atom. The lowest BCUT2D eigenvalue weighted by Gasteiger charge is -2.41. The first-order chi connectivity index (χ1) is 13.1. The maximum Gasteiger partial charge on any atom is 0.257 e. The van der Waals surface area contributed by atoms with Crippen LogP contribution in [-0.2, 0) is 0 Å². The van der Waals surface area contributed by atoms with E-state index in [4.69, 9.17) is 4.74 Å². The Kier molecular flexibility index (Phi) is 4.36. The Morgan fingerprint density at radius 2 is 1.63 bits per heavy atom. The van der Waals surface area contributed by atoms with Gasteiger partial charge in [0.1, 0.15) is 11.9 Å². The van der Waals surface area contributed by atoms with E-state index in [1.54, 1.807) is 4.90 Å². The fourth-order valence-corrected chi connectivity index (χ4v) is 3.77. The third-order valence-corrected chi connectivity index (χ3v) is 5.03. The summed E-state index contributed by atoms with van der Waals surface area (Å²) in [6, 6.07) is 17.8. The van der Waals surface area contributed by atoms with E-state index in [0.717, 1.165) is 28.3 Å². The van der Waals surface area contributed by atoms with Gasteiger partial charge in [-0.25, -0.2) is 0 Å². The highest BCUT2D eigenvalue weighted by molar-refractivity contribution is 6.01. The predicted octanol–water partition coefficient (Wildman–Crippen LogP) is 4.10. The molecule has 0 saturated heterocycles. The molecule has 2 aromatic carbocycles. The number of hydrogen-bond acceptors (Lipinski definition) is 3. The zero-order valence-corrected chi connectivity index (χ0v) is 15.8. The van der Waals surface area contributed by atoms with E-state index in [0.29, 0.717) is 6.61 Å². The number of hydrogen-bond donors (Lipinski definition) is 0. The Morgan fingerprint density at radius 3 is 2.41 bits per heavy atom. The third kappa shape index (κ3) is 2.85. The van der Waals surface area contributed by atoms with Crippen molar-refractivity contribution in [3.8, 4) is 11.4 Å². The van der Waals surface area contributed by atoms with Crippen molar-refractivity contribution in [2.75, 3.05) is 25.6 Å². The lowest BCUT2D eigenvalue weighted by atomic mass is 10.0. The van der Waals surface area contributed by atoms with Crippen molar-refractivity contribution in [3.63, 3.8) is 0 Å². The molecular formula is C22H23N3O2. The molecule has 0 unspecified atom stereocenters. The molecule has 0 bridgehead atoms. The van der Waals surface area contributed by atoms with Gasteiger partial charge in [0, 0.05) is 32.1 Å². The molecule has 1 aromatic heterocycles. The van der Waals surface area contributed by atoms with Gasteiger partial charge in [-0.15, -0.1) is 0 Å². The molecule has 27 heavy (non-hydrogen) atoms. The van der Waals surface area contributed by atoms with E-state index >= 15 is 0 Å². The van der Waals surface area contributed by atoms with Crippen LogP contribution in [0, 0.1) is 0 Å². The molecule has 1 atom stereocenters. The highest BCUT2D eigenvalue weighted by Crippen LogP contribution is 2.37. The van der Waals surface area contributed by atoms with Crippen molar-refractivity contribution in [2.24, 2.45) is 0 Å². The first-order valence-electron chi connectivity index (χ1n) is 9.11. The van der Waals surface area contributed by atoms with Crippen molar-refractivity contribution in [1.82, 2.24) is 9.47 Å². The monoisotopic (exact) mass is 361 g/mol. The van der Waals surface area contributed by atoms with E-state index in [2.05, 4.69) is 17.2 Å².